The van der Waals surface area contributed by atoms with Crippen molar-refractivity contribution in [1.82, 2.24) is 9.97 Å². The summed E-state index contributed by atoms with van der Waals surface area (Å²) >= 11 is 3.12. The number of nitrogens with zero attached hydrogens (tertiary/aromatic N) is 1. The number of fused-ring (bicyclic) bond motifs is 1. The number of aromatic nitrogens is 2. The van der Waals surface area contributed by atoms with Crippen molar-refractivity contribution in [2.75, 3.05) is 0 Å². The monoisotopic (exact) mass is 270 g/mol. The van der Waals surface area contributed by atoms with Crippen LogP contribution in [-0.2, 0) is 0 Å². The molecule has 0 amide bonds. The van der Waals surface area contributed by atoms with Crippen LogP contribution in [0.25, 0.3) is 10.9 Å². The van der Waals surface area contributed by atoms with E-state index in [0.29, 0.717) is 10.1 Å². The standard InChI is InChI=1S/C7H4BrFN2O.K.H/c8-7-6-5(3(9)1-11-7)4(12)2-10-6;;/h1-2,10,12H;;/q;+1;-1. The quantitative estimate of drug-likeness (QED) is 0.491. The van der Waals surface area contributed by atoms with Gasteiger partial charge in [0, 0.05) is 6.20 Å². The summed E-state index contributed by atoms with van der Waals surface area (Å²) in [7, 11) is 0. The van der Waals surface area contributed by atoms with Gasteiger partial charge in [0.25, 0.3) is 0 Å². The van der Waals surface area contributed by atoms with Gasteiger partial charge in [-0.05, 0) is 15.9 Å². The zero-order valence-corrected chi connectivity index (χ0v) is 11.5. The van der Waals surface area contributed by atoms with Gasteiger partial charge in [0.1, 0.15) is 10.4 Å². The number of nitrogens with one attached hydrogen (secondary N) is 1. The van der Waals surface area contributed by atoms with Crippen molar-refractivity contribution in [3.8, 4) is 5.75 Å². The minimum atomic E-state index is -0.535. The molecule has 0 aliphatic carbocycles. The van der Waals surface area contributed by atoms with Crippen LogP contribution in [0.2, 0.25) is 0 Å². The maximum atomic E-state index is 13.0. The minimum Gasteiger partial charge on any atom is -1.00 e. The summed E-state index contributed by atoms with van der Waals surface area (Å²) in [5.74, 6) is -0.641. The van der Waals surface area contributed by atoms with Crippen LogP contribution in [0.5, 0.6) is 5.75 Å². The molecule has 2 aromatic rings. The van der Waals surface area contributed by atoms with E-state index in [2.05, 4.69) is 25.9 Å². The molecule has 0 bridgehead atoms. The number of pyridine rings is 1. The second-order valence-electron chi connectivity index (χ2n) is 2.32. The van der Waals surface area contributed by atoms with Crippen LogP contribution < -0.4 is 51.4 Å². The summed E-state index contributed by atoms with van der Waals surface area (Å²) < 4.78 is 13.5. The third-order valence-electron chi connectivity index (χ3n) is 1.60. The Hall–Kier alpha value is 0.536. The predicted octanol–water partition coefficient (Wildman–Crippen LogP) is -0.713. The van der Waals surface area contributed by atoms with Crippen molar-refractivity contribution in [3.05, 3.63) is 22.8 Å². The van der Waals surface area contributed by atoms with E-state index in [1.807, 2.05) is 0 Å². The Kier molecular flexibility index (Phi) is 3.90. The summed E-state index contributed by atoms with van der Waals surface area (Å²) in [4.78, 5) is 6.42. The van der Waals surface area contributed by atoms with Crippen LogP contribution >= 0.6 is 15.9 Å². The Balaban J connectivity index is 0.000000845. The summed E-state index contributed by atoms with van der Waals surface area (Å²) in [5.41, 5.74) is 0.465. The van der Waals surface area contributed by atoms with Gasteiger partial charge in [-0.3, -0.25) is 0 Å². The van der Waals surface area contributed by atoms with Gasteiger partial charge in [0.2, 0.25) is 0 Å². The molecule has 0 unspecified atom stereocenters. The molecule has 13 heavy (non-hydrogen) atoms. The van der Waals surface area contributed by atoms with Crippen molar-refractivity contribution in [2.24, 2.45) is 0 Å². The number of aromatic hydroxyl groups is 1. The molecular weight excluding hydrogens is 266 g/mol. The zero-order valence-electron chi connectivity index (χ0n) is 7.81. The van der Waals surface area contributed by atoms with Crippen LogP contribution in [0.3, 0.4) is 0 Å². The van der Waals surface area contributed by atoms with Crippen molar-refractivity contribution in [3.63, 3.8) is 0 Å². The Bertz CT molecular complexity index is 450. The van der Waals surface area contributed by atoms with E-state index in [1.165, 1.54) is 6.20 Å². The summed E-state index contributed by atoms with van der Waals surface area (Å²) in [5, 5.41) is 9.36. The Morgan fingerprint density at radius 1 is 1.62 bits per heavy atom. The van der Waals surface area contributed by atoms with E-state index in [9.17, 15) is 9.50 Å². The van der Waals surface area contributed by atoms with E-state index in [1.54, 1.807) is 0 Å². The molecule has 64 valence electrons. The Morgan fingerprint density at radius 3 is 2.92 bits per heavy atom. The third kappa shape index (κ3) is 1.98. The fourth-order valence-corrected chi connectivity index (χ4v) is 1.47. The fraction of sp³-hybridized carbons (Fsp3) is 0. The molecule has 0 radical (unpaired) electrons. The molecule has 0 aliphatic rings. The molecule has 2 aromatic heterocycles. The van der Waals surface area contributed by atoms with Gasteiger partial charge in [-0.25, -0.2) is 9.37 Å². The molecule has 2 N–H and O–H groups in total. The third-order valence-corrected chi connectivity index (χ3v) is 2.20. The first kappa shape index (κ1) is 11.6. The van der Waals surface area contributed by atoms with Crippen LogP contribution in [0.15, 0.2) is 17.0 Å². The number of aromatic amines is 1. The first-order valence-corrected chi connectivity index (χ1v) is 3.99. The molecule has 0 saturated heterocycles. The van der Waals surface area contributed by atoms with Crippen LogP contribution in [0.4, 0.5) is 4.39 Å². The second kappa shape index (κ2) is 4.37. The molecular formula is C7H5BrFKN2O. The van der Waals surface area contributed by atoms with Crippen LogP contribution in [-0.4, -0.2) is 15.1 Å². The normalized spacial score (nSPS) is 10.0. The van der Waals surface area contributed by atoms with Crippen molar-refractivity contribution in [2.45, 2.75) is 0 Å². The molecule has 0 aliphatic heterocycles. The van der Waals surface area contributed by atoms with E-state index >= 15 is 0 Å². The van der Waals surface area contributed by atoms with Gasteiger partial charge < -0.3 is 11.5 Å². The van der Waals surface area contributed by atoms with Crippen LogP contribution in [0, 0.1) is 5.82 Å². The number of hydrogen-bond acceptors (Lipinski definition) is 2. The van der Waals surface area contributed by atoms with E-state index in [-0.39, 0.29) is 63.9 Å². The minimum absolute atomic E-state index is 0. The zero-order chi connectivity index (χ0) is 8.72. The van der Waals surface area contributed by atoms with Crippen LogP contribution in [0.1, 0.15) is 1.43 Å². The average molecular weight is 271 g/mol. The Morgan fingerprint density at radius 2 is 2.31 bits per heavy atom. The first-order valence-electron chi connectivity index (χ1n) is 3.20. The van der Waals surface area contributed by atoms with Gasteiger partial charge in [0.15, 0.2) is 5.82 Å². The van der Waals surface area contributed by atoms with E-state index in [4.69, 9.17) is 0 Å². The van der Waals surface area contributed by atoms with E-state index < -0.39 is 5.82 Å². The topological polar surface area (TPSA) is 48.9 Å². The molecule has 2 heterocycles. The fourth-order valence-electron chi connectivity index (χ4n) is 1.06. The summed E-state index contributed by atoms with van der Waals surface area (Å²) in [6.45, 7) is 0. The van der Waals surface area contributed by atoms with Crippen molar-refractivity contribution >= 4 is 26.8 Å². The van der Waals surface area contributed by atoms with E-state index in [0.717, 1.165) is 6.20 Å². The van der Waals surface area contributed by atoms with Gasteiger partial charge >= 0.3 is 51.4 Å². The first-order chi connectivity index (χ1) is 5.70. The molecule has 0 aromatic carbocycles. The maximum Gasteiger partial charge on any atom is 1.00 e. The largest absolute Gasteiger partial charge is 1.00 e. The summed E-state index contributed by atoms with van der Waals surface area (Å²) in [6, 6.07) is 0. The van der Waals surface area contributed by atoms with Gasteiger partial charge in [-0.2, -0.15) is 0 Å². The number of halogens is 2. The number of H-pyrrole nitrogens is 1. The van der Waals surface area contributed by atoms with Gasteiger partial charge in [-0.1, -0.05) is 0 Å². The smallest absolute Gasteiger partial charge is 1.00 e. The SMILES string of the molecule is Oc1c[nH]c2c(Br)ncc(F)c12.[H-].[K+]. The molecule has 0 spiro atoms. The molecule has 0 fully saturated rings. The maximum absolute atomic E-state index is 13.0. The van der Waals surface area contributed by atoms with Gasteiger partial charge in [0.05, 0.1) is 17.1 Å². The number of rotatable bonds is 0. The molecule has 0 atom stereocenters. The molecule has 3 nitrogen and oxygen atoms in total. The second-order valence-corrected chi connectivity index (χ2v) is 3.07. The average Bonchev–Trinajstić information content (AvgIpc) is 2.42. The van der Waals surface area contributed by atoms with Crippen molar-refractivity contribution in [1.29, 1.82) is 0 Å². The van der Waals surface area contributed by atoms with Crippen molar-refractivity contribution < 1.29 is 62.3 Å². The molecule has 6 heteroatoms. The molecule has 2 rings (SSSR count). The predicted molar refractivity (Wildman–Crippen MR) is 46.5 cm³/mol. The number of hydrogen-bond donors (Lipinski definition) is 2. The summed E-state index contributed by atoms with van der Waals surface area (Å²) in [6.07, 6.45) is 2.38. The molecule has 0 saturated carbocycles. The Labute approximate surface area is 126 Å². The van der Waals surface area contributed by atoms with Gasteiger partial charge in [-0.15, -0.1) is 0 Å².